The van der Waals surface area contributed by atoms with Gasteiger partial charge in [0.1, 0.15) is 12.1 Å². The number of alkyl halides is 1. The summed E-state index contributed by atoms with van der Waals surface area (Å²) in [7, 11) is 0. The third kappa shape index (κ3) is 6.43. The summed E-state index contributed by atoms with van der Waals surface area (Å²) in [5.41, 5.74) is -0.745. The quantitative estimate of drug-likeness (QED) is 0.109. The molecular weight excluding hydrogens is 710 g/mol. The summed E-state index contributed by atoms with van der Waals surface area (Å²) in [5.74, 6) is -0.775. The van der Waals surface area contributed by atoms with Crippen LogP contribution in [-0.2, 0) is 23.9 Å². The summed E-state index contributed by atoms with van der Waals surface area (Å²) < 4.78 is 6.15. The molecule has 1 amide bonds. The lowest BCUT2D eigenvalue weighted by Gasteiger charge is -2.72. The molecule has 0 spiro atoms. The standard InChI is InChI=1S/C42H66BrNO7/c1-24(2)21-28(34(46)47)44-35(48)42-18-13-26(25(3)23-43)33(42)27-11-12-30-39(8)16-15-31(51-32(45)22-37(4,5)36(49)50)38(6,7)29(39)14-17-41(30,10)40(27,9)19-20-42/h24,26-31,33H,3,11-23H2,1-2,4-10H3,(H,44,48)(H,46,47)(H,49,50)/t26-,27+,28-,29-,30+,31-,33+,39-,40+,41+,42-/m0/s1. The van der Waals surface area contributed by atoms with Gasteiger partial charge < -0.3 is 20.3 Å². The Hall–Kier alpha value is -1.90. The number of halogens is 1. The number of carbonyl (C=O) groups is 4. The van der Waals surface area contributed by atoms with E-state index in [4.69, 9.17) is 4.74 Å². The lowest BCUT2D eigenvalue weighted by molar-refractivity contribution is -0.249. The Balaban J connectivity index is 1.44. The highest BCUT2D eigenvalue weighted by atomic mass is 79.9. The molecule has 0 aromatic rings. The van der Waals surface area contributed by atoms with Gasteiger partial charge in [0.15, 0.2) is 0 Å². The predicted molar refractivity (Wildman–Crippen MR) is 202 cm³/mol. The van der Waals surface area contributed by atoms with E-state index in [1.54, 1.807) is 13.8 Å². The molecule has 0 radical (unpaired) electrons. The Labute approximate surface area is 315 Å². The number of carbonyl (C=O) groups excluding carboxylic acids is 2. The summed E-state index contributed by atoms with van der Waals surface area (Å²) in [6.07, 6.45) is 9.41. The fourth-order valence-electron chi connectivity index (χ4n) is 13.4. The normalized spacial score (nSPS) is 40.5. The van der Waals surface area contributed by atoms with E-state index in [1.807, 2.05) is 13.8 Å². The zero-order valence-corrected chi connectivity index (χ0v) is 34.4. The number of carboxylic acid groups (broad SMARTS) is 2. The van der Waals surface area contributed by atoms with Crippen LogP contribution in [0, 0.1) is 68.0 Å². The van der Waals surface area contributed by atoms with Crippen molar-refractivity contribution < 1.29 is 34.1 Å². The number of esters is 1. The van der Waals surface area contributed by atoms with E-state index in [-0.39, 0.29) is 57.8 Å². The Morgan fingerprint density at radius 2 is 1.55 bits per heavy atom. The van der Waals surface area contributed by atoms with Gasteiger partial charge in [0.2, 0.25) is 5.91 Å². The van der Waals surface area contributed by atoms with Gasteiger partial charge in [-0.2, -0.15) is 0 Å². The summed E-state index contributed by atoms with van der Waals surface area (Å²) in [4.78, 5) is 51.7. The molecule has 0 aromatic carbocycles. The third-order valence-corrected chi connectivity index (χ3v) is 17.0. The molecule has 8 nitrogen and oxygen atoms in total. The molecule has 5 rings (SSSR count). The third-order valence-electron chi connectivity index (χ3n) is 16.3. The van der Waals surface area contributed by atoms with Gasteiger partial charge in [-0.3, -0.25) is 14.4 Å². The van der Waals surface area contributed by atoms with Gasteiger partial charge in [-0.05, 0) is 136 Å². The maximum absolute atomic E-state index is 14.5. The van der Waals surface area contributed by atoms with E-state index in [2.05, 4.69) is 62.4 Å². The lowest BCUT2D eigenvalue weighted by Crippen LogP contribution is -2.67. The van der Waals surface area contributed by atoms with Crippen molar-refractivity contribution in [3.8, 4) is 0 Å². The number of fused-ring (bicyclic) bond motifs is 7. The minimum absolute atomic E-state index is 0.00747. The fourth-order valence-corrected chi connectivity index (χ4v) is 13.8. The molecule has 0 heterocycles. The minimum Gasteiger partial charge on any atom is -0.481 e. The van der Waals surface area contributed by atoms with Gasteiger partial charge in [-0.1, -0.05) is 76.5 Å². The van der Waals surface area contributed by atoms with Crippen LogP contribution in [0.5, 0.6) is 0 Å². The van der Waals surface area contributed by atoms with Crippen molar-refractivity contribution in [3.05, 3.63) is 12.2 Å². The minimum atomic E-state index is -1.17. The molecule has 5 aliphatic rings. The second kappa shape index (κ2) is 13.7. The van der Waals surface area contributed by atoms with Crippen molar-refractivity contribution in [1.82, 2.24) is 5.32 Å². The van der Waals surface area contributed by atoms with Crippen LogP contribution in [0.2, 0.25) is 0 Å². The molecule has 5 saturated carbocycles. The molecule has 5 fully saturated rings. The van der Waals surface area contributed by atoms with E-state index < -0.39 is 34.8 Å². The van der Waals surface area contributed by atoms with E-state index in [9.17, 15) is 29.4 Å². The number of nitrogens with one attached hydrogen (secondary N) is 1. The maximum Gasteiger partial charge on any atom is 0.326 e. The first-order chi connectivity index (χ1) is 23.5. The van der Waals surface area contributed by atoms with Gasteiger partial charge >= 0.3 is 17.9 Å². The Morgan fingerprint density at radius 1 is 0.882 bits per heavy atom. The van der Waals surface area contributed by atoms with Crippen molar-refractivity contribution in [3.63, 3.8) is 0 Å². The first-order valence-electron chi connectivity index (χ1n) is 19.7. The second-order valence-corrected chi connectivity index (χ2v) is 20.5. The Kier molecular flexibility index (Phi) is 10.9. The largest absolute Gasteiger partial charge is 0.481 e. The molecule has 3 N–H and O–H groups in total. The van der Waals surface area contributed by atoms with Gasteiger partial charge in [0, 0.05) is 10.7 Å². The number of allylic oxidation sites excluding steroid dienone is 1. The molecule has 0 unspecified atom stereocenters. The molecule has 0 aliphatic heterocycles. The number of aliphatic carboxylic acids is 2. The van der Waals surface area contributed by atoms with E-state index in [0.29, 0.717) is 29.5 Å². The van der Waals surface area contributed by atoms with Crippen molar-refractivity contribution in [2.75, 3.05) is 5.33 Å². The highest BCUT2D eigenvalue weighted by molar-refractivity contribution is 9.09. The SMILES string of the molecule is C=C(CBr)[C@@H]1CC[C@]2(C(=O)N[C@@H](CC(C)C)C(=O)O)CC[C@]3(C)[C@H](CC[C@@H]4[C@@]5(C)CC[C@H](OC(=O)CC(C)(C)C(=O)O)C(C)(C)[C@@H]5CC[C@]43C)[C@@H]12. The highest BCUT2D eigenvalue weighted by Crippen LogP contribution is 2.77. The van der Waals surface area contributed by atoms with Crippen molar-refractivity contribution >= 4 is 39.7 Å². The number of hydrogen-bond acceptors (Lipinski definition) is 5. The number of hydrogen-bond donors (Lipinski definition) is 3. The molecule has 5 aliphatic carbocycles. The smallest absolute Gasteiger partial charge is 0.326 e. The number of rotatable bonds is 11. The van der Waals surface area contributed by atoms with Crippen molar-refractivity contribution in [2.24, 2.45) is 68.0 Å². The number of ether oxygens (including phenoxy) is 1. The van der Waals surface area contributed by atoms with Crippen molar-refractivity contribution in [1.29, 1.82) is 0 Å². The van der Waals surface area contributed by atoms with E-state index >= 15 is 0 Å². The van der Waals surface area contributed by atoms with Crippen LogP contribution >= 0.6 is 15.9 Å². The molecule has 11 atom stereocenters. The first-order valence-corrected chi connectivity index (χ1v) is 20.8. The van der Waals surface area contributed by atoms with Crippen LogP contribution in [0.3, 0.4) is 0 Å². The number of amides is 1. The van der Waals surface area contributed by atoms with Crippen LogP contribution in [0.25, 0.3) is 0 Å². The van der Waals surface area contributed by atoms with Crippen molar-refractivity contribution in [2.45, 2.75) is 152 Å². The monoisotopic (exact) mass is 775 g/mol. The maximum atomic E-state index is 14.5. The topological polar surface area (TPSA) is 130 Å². The average Bonchev–Trinajstić information content (AvgIpc) is 3.42. The van der Waals surface area contributed by atoms with Crippen LogP contribution in [-0.4, -0.2) is 51.5 Å². The average molecular weight is 777 g/mol. The summed E-state index contributed by atoms with van der Waals surface area (Å²) >= 11 is 3.71. The summed E-state index contributed by atoms with van der Waals surface area (Å²) in [6.45, 7) is 23.8. The first kappa shape index (κ1) is 40.3. The van der Waals surface area contributed by atoms with Gasteiger partial charge in [-0.15, -0.1) is 0 Å². The highest BCUT2D eigenvalue weighted by Gasteiger charge is 2.72. The summed E-state index contributed by atoms with van der Waals surface area (Å²) in [6, 6.07) is -0.885. The van der Waals surface area contributed by atoms with E-state index in [0.717, 1.165) is 69.8 Å². The Morgan fingerprint density at radius 3 is 2.14 bits per heavy atom. The summed E-state index contributed by atoms with van der Waals surface area (Å²) in [5, 5.41) is 23.5. The zero-order chi connectivity index (χ0) is 38.1. The molecule has 0 bridgehead atoms. The van der Waals surface area contributed by atoms with Gasteiger partial charge in [-0.25, -0.2) is 4.79 Å². The van der Waals surface area contributed by atoms with Gasteiger partial charge in [0.05, 0.1) is 17.3 Å². The second-order valence-electron chi connectivity index (χ2n) is 20.0. The van der Waals surface area contributed by atoms with Gasteiger partial charge in [0.25, 0.3) is 0 Å². The van der Waals surface area contributed by atoms with Crippen LogP contribution in [0.1, 0.15) is 139 Å². The molecular formula is C42H66BrNO7. The molecule has 0 aromatic heterocycles. The van der Waals surface area contributed by atoms with E-state index in [1.165, 1.54) is 0 Å². The van der Waals surface area contributed by atoms with Crippen LogP contribution in [0.4, 0.5) is 0 Å². The van der Waals surface area contributed by atoms with Crippen LogP contribution in [0.15, 0.2) is 12.2 Å². The lowest BCUT2D eigenvalue weighted by atomic mass is 9.32. The predicted octanol–water partition coefficient (Wildman–Crippen LogP) is 9.05. The molecule has 51 heavy (non-hydrogen) atoms. The molecule has 288 valence electrons. The fraction of sp³-hybridized carbons (Fsp3) is 0.857. The zero-order valence-electron chi connectivity index (χ0n) is 32.8. The molecule has 9 heteroatoms. The van der Waals surface area contributed by atoms with Crippen LogP contribution < -0.4 is 5.32 Å². The Bertz CT molecular complexity index is 1420. The molecule has 0 saturated heterocycles. The number of carboxylic acids is 2.